The number of carbonyl (C=O) groups excluding carboxylic acids is 1. The number of thiazole rings is 1. The highest BCUT2D eigenvalue weighted by molar-refractivity contribution is 7.13. The third kappa shape index (κ3) is 2.31. The molecule has 0 fully saturated rings. The summed E-state index contributed by atoms with van der Waals surface area (Å²) in [5.74, 6) is 0.302. The number of hydrogen-bond acceptors (Lipinski definition) is 6. The first-order chi connectivity index (χ1) is 7.79. The van der Waals surface area contributed by atoms with E-state index in [1.165, 1.54) is 23.7 Å². The number of amides is 1. The largest absolute Gasteiger partial charge is 0.372 e. The lowest BCUT2D eigenvalue weighted by molar-refractivity contribution is 0.102. The van der Waals surface area contributed by atoms with Crippen LogP contribution in [0.2, 0.25) is 0 Å². The van der Waals surface area contributed by atoms with Crippen molar-refractivity contribution in [2.45, 2.75) is 0 Å². The summed E-state index contributed by atoms with van der Waals surface area (Å²) in [6, 6.07) is 0. The van der Waals surface area contributed by atoms with Crippen molar-refractivity contribution in [3.63, 3.8) is 0 Å². The van der Waals surface area contributed by atoms with Crippen molar-refractivity contribution in [2.75, 3.05) is 17.7 Å². The molecule has 6 nitrogen and oxygen atoms in total. The van der Waals surface area contributed by atoms with Crippen LogP contribution >= 0.6 is 11.3 Å². The van der Waals surface area contributed by atoms with Crippen LogP contribution in [0.3, 0.4) is 0 Å². The summed E-state index contributed by atoms with van der Waals surface area (Å²) in [5, 5.41) is 7.77. The molecule has 0 aliphatic carbocycles. The number of nitrogens with one attached hydrogen (secondary N) is 2. The first kappa shape index (κ1) is 10.5. The van der Waals surface area contributed by atoms with Crippen LogP contribution in [0.15, 0.2) is 24.0 Å². The first-order valence-corrected chi connectivity index (χ1v) is 5.38. The fraction of sp³-hybridized carbons (Fsp3) is 0.111. The average molecular weight is 235 g/mol. The van der Waals surface area contributed by atoms with Crippen molar-refractivity contribution in [3.05, 3.63) is 29.7 Å². The van der Waals surface area contributed by atoms with Gasteiger partial charge in [-0.3, -0.25) is 10.1 Å². The number of anilines is 2. The molecule has 0 atom stereocenters. The highest BCUT2D eigenvalue weighted by Gasteiger charge is 2.09. The van der Waals surface area contributed by atoms with E-state index in [0.29, 0.717) is 10.9 Å². The molecule has 2 aromatic rings. The fourth-order valence-electron chi connectivity index (χ4n) is 1.02. The van der Waals surface area contributed by atoms with Gasteiger partial charge in [0.05, 0.1) is 12.4 Å². The number of aromatic nitrogens is 3. The van der Waals surface area contributed by atoms with Gasteiger partial charge in [0.2, 0.25) is 0 Å². The summed E-state index contributed by atoms with van der Waals surface area (Å²) in [6.07, 6.45) is 4.53. The maximum absolute atomic E-state index is 11.6. The Hall–Kier alpha value is -2.02. The van der Waals surface area contributed by atoms with Gasteiger partial charge < -0.3 is 5.32 Å². The Labute approximate surface area is 95.8 Å². The van der Waals surface area contributed by atoms with E-state index in [1.807, 2.05) is 0 Å². The van der Waals surface area contributed by atoms with E-state index in [0.717, 1.165) is 0 Å². The highest BCUT2D eigenvalue weighted by atomic mass is 32.1. The highest BCUT2D eigenvalue weighted by Crippen LogP contribution is 2.11. The number of nitrogens with zero attached hydrogens (tertiary/aromatic N) is 3. The van der Waals surface area contributed by atoms with Crippen LogP contribution in [-0.2, 0) is 0 Å². The van der Waals surface area contributed by atoms with Crippen molar-refractivity contribution in [1.29, 1.82) is 0 Å². The smallest absolute Gasteiger partial charge is 0.277 e. The van der Waals surface area contributed by atoms with Gasteiger partial charge in [-0.1, -0.05) is 0 Å². The summed E-state index contributed by atoms with van der Waals surface area (Å²) in [6.45, 7) is 0. The van der Waals surface area contributed by atoms with Crippen LogP contribution in [0, 0.1) is 0 Å². The lowest BCUT2D eigenvalue weighted by atomic mass is 10.4. The van der Waals surface area contributed by atoms with E-state index >= 15 is 0 Å². The predicted octanol–water partition coefficient (Wildman–Crippen LogP) is 1.23. The van der Waals surface area contributed by atoms with E-state index in [1.54, 1.807) is 18.6 Å². The van der Waals surface area contributed by atoms with Crippen LogP contribution < -0.4 is 10.6 Å². The Morgan fingerprint density at radius 1 is 1.31 bits per heavy atom. The van der Waals surface area contributed by atoms with E-state index < -0.39 is 0 Å². The molecule has 1 amide bonds. The van der Waals surface area contributed by atoms with Crippen molar-refractivity contribution >= 4 is 28.2 Å². The summed E-state index contributed by atoms with van der Waals surface area (Å²) in [5.41, 5.74) is 0.259. The SMILES string of the molecule is CNc1cnc(C(=O)Nc2nccs2)cn1. The molecule has 2 N–H and O–H groups in total. The molecule has 0 aliphatic heterocycles. The van der Waals surface area contributed by atoms with Gasteiger partial charge in [-0.25, -0.2) is 15.0 Å². The molecular formula is C9H9N5OS. The van der Waals surface area contributed by atoms with Crippen LogP contribution in [-0.4, -0.2) is 27.9 Å². The Morgan fingerprint density at radius 3 is 2.75 bits per heavy atom. The molecule has 0 unspecified atom stereocenters. The van der Waals surface area contributed by atoms with E-state index in [-0.39, 0.29) is 11.6 Å². The molecule has 0 spiro atoms. The summed E-state index contributed by atoms with van der Waals surface area (Å²) in [4.78, 5) is 23.6. The average Bonchev–Trinajstić information content (AvgIpc) is 2.82. The molecule has 2 rings (SSSR count). The zero-order valence-electron chi connectivity index (χ0n) is 8.47. The Balaban J connectivity index is 2.09. The predicted molar refractivity (Wildman–Crippen MR) is 61.6 cm³/mol. The Morgan fingerprint density at radius 2 is 2.19 bits per heavy atom. The molecule has 0 radical (unpaired) electrons. The molecule has 0 bridgehead atoms. The molecule has 0 aliphatic rings. The quantitative estimate of drug-likeness (QED) is 0.836. The standard InChI is InChI=1S/C9H9N5OS/c1-10-7-5-12-6(4-13-7)8(15)14-9-11-2-3-16-9/h2-5H,1H3,(H,10,13)(H,11,14,15). The van der Waals surface area contributed by atoms with Gasteiger partial charge in [0.25, 0.3) is 5.91 Å². The van der Waals surface area contributed by atoms with Gasteiger partial charge in [-0.05, 0) is 0 Å². The zero-order chi connectivity index (χ0) is 11.4. The summed E-state index contributed by atoms with van der Waals surface area (Å²) < 4.78 is 0. The topological polar surface area (TPSA) is 79.8 Å². The van der Waals surface area contributed by atoms with Gasteiger partial charge in [0, 0.05) is 18.6 Å². The number of rotatable bonds is 3. The van der Waals surface area contributed by atoms with E-state index in [2.05, 4.69) is 25.6 Å². The number of carbonyl (C=O) groups is 1. The van der Waals surface area contributed by atoms with Crippen LogP contribution in [0.1, 0.15) is 10.5 Å². The minimum Gasteiger partial charge on any atom is -0.372 e. The second-order valence-corrected chi connectivity index (χ2v) is 3.72. The molecular weight excluding hydrogens is 226 g/mol. The Kier molecular flexibility index (Phi) is 3.06. The zero-order valence-corrected chi connectivity index (χ0v) is 9.28. The van der Waals surface area contributed by atoms with Gasteiger partial charge in [-0.15, -0.1) is 11.3 Å². The van der Waals surface area contributed by atoms with Gasteiger partial charge >= 0.3 is 0 Å². The monoisotopic (exact) mass is 235 g/mol. The van der Waals surface area contributed by atoms with Gasteiger partial charge in [0.1, 0.15) is 11.5 Å². The number of hydrogen-bond donors (Lipinski definition) is 2. The fourth-order valence-corrected chi connectivity index (χ4v) is 1.54. The minimum atomic E-state index is -0.315. The lowest BCUT2D eigenvalue weighted by Crippen LogP contribution is -2.14. The first-order valence-electron chi connectivity index (χ1n) is 4.50. The molecule has 2 aromatic heterocycles. The minimum absolute atomic E-state index is 0.259. The maximum atomic E-state index is 11.6. The summed E-state index contributed by atoms with van der Waals surface area (Å²) in [7, 11) is 1.74. The molecule has 16 heavy (non-hydrogen) atoms. The van der Waals surface area contributed by atoms with Crippen LogP contribution in [0.4, 0.5) is 10.9 Å². The molecule has 0 saturated carbocycles. The van der Waals surface area contributed by atoms with Crippen molar-refractivity contribution in [1.82, 2.24) is 15.0 Å². The second-order valence-electron chi connectivity index (χ2n) is 2.83. The van der Waals surface area contributed by atoms with Crippen molar-refractivity contribution in [3.8, 4) is 0 Å². The van der Waals surface area contributed by atoms with Crippen molar-refractivity contribution < 1.29 is 4.79 Å². The van der Waals surface area contributed by atoms with Gasteiger partial charge in [-0.2, -0.15) is 0 Å². The third-order valence-electron chi connectivity index (χ3n) is 1.79. The third-order valence-corrected chi connectivity index (χ3v) is 2.48. The Bertz CT molecular complexity index is 467. The van der Waals surface area contributed by atoms with E-state index in [9.17, 15) is 4.79 Å². The summed E-state index contributed by atoms with van der Waals surface area (Å²) >= 11 is 1.35. The molecule has 82 valence electrons. The molecule has 0 saturated heterocycles. The normalized spacial score (nSPS) is 9.81. The van der Waals surface area contributed by atoms with Crippen LogP contribution in [0.25, 0.3) is 0 Å². The molecule has 0 aromatic carbocycles. The lowest BCUT2D eigenvalue weighted by Gasteiger charge is -2.01. The van der Waals surface area contributed by atoms with Crippen LogP contribution in [0.5, 0.6) is 0 Å². The molecule has 2 heterocycles. The van der Waals surface area contributed by atoms with E-state index in [4.69, 9.17) is 0 Å². The maximum Gasteiger partial charge on any atom is 0.277 e. The molecule has 7 heteroatoms. The van der Waals surface area contributed by atoms with Gasteiger partial charge in [0.15, 0.2) is 5.13 Å². The second kappa shape index (κ2) is 4.67. The van der Waals surface area contributed by atoms with Crippen molar-refractivity contribution in [2.24, 2.45) is 0 Å².